The van der Waals surface area contributed by atoms with Gasteiger partial charge in [0.15, 0.2) is 0 Å². The van der Waals surface area contributed by atoms with Crippen molar-refractivity contribution in [3.8, 4) is 44.5 Å². The lowest BCUT2D eigenvalue weighted by Gasteiger charge is -2.38. The van der Waals surface area contributed by atoms with E-state index in [9.17, 15) is 0 Å². The van der Waals surface area contributed by atoms with Crippen molar-refractivity contribution in [1.29, 1.82) is 0 Å². The largest absolute Gasteiger partial charge is 0.0622 e. The molecule has 0 heterocycles. The van der Waals surface area contributed by atoms with E-state index in [2.05, 4.69) is 303 Å². The van der Waals surface area contributed by atoms with Gasteiger partial charge in [-0.1, -0.05) is 297 Å². The molecule has 0 N–H and O–H groups in total. The molecule has 0 amide bonds. The van der Waals surface area contributed by atoms with Gasteiger partial charge in [-0.2, -0.15) is 0 Å². The molecule has 384 valence electrons. The van der Waals surface area contributed by atoms with Gasteiger partial charge in [0.25, 0.3) is 0 Å². The average Bonchev–Trinajstić information content (AvgIpc) is 2.57. The van der Waals surface area contributed by atoms with Crippen LogP contribution in [0.5, 0.6) is 0 Å². The third-order valence-corrected chi connectivity index (χ3v) is 19.4. The fourth-order valence-corrected chi connectivity index (χ4v) is 16.3. The van der Waals surface area contributed by atoms with Gasteiger partial charge in [0, 0.05) is 22.7 Å². The van der Waals surface area contributed by atoms with Crippen molar-refractivity contribution in [2.24, 2.45) is 0 Å². The van der Waals surface area contributed by atoms with Crippen LogP contribution in [-0.2, 0) is 23.7 Å². The van der Waals surface area contributed by atoms with Crippen LogP contribution in [0.1, 0.15) is 84.2 Å². The van der Waals surface area contributed by atoms with Crippen LogP contribution in [0.4, 0.5) is 0 Å². The number of benzene rings is 13. The highest BCUT2D eigenvalue weighted by Gasteiger charge is 2.56. The molecule has 4 aliphatic rings. The van der Waals surface area contributed by atoms with Crippen LogP contribution in [-0.4, -0.2) is 0 Å². The van der Waals surface area contributed by atoms with Gasteiger partial charge in [-0.05, 0) is 163 Å². The van der Waals surface area contributed by atoms with Gasteiger partial charge in [0.1, 0.15) is 0 Å². The van der Waals surface area contributed by atoms with Gasteiger partial charge >= 0.3 is 0 Å². The van der Waals surface area contributed by atoms with Crippen molar-refractivity contribution in [1.82, 2.24) is 0 Å². The monoisotopic (exact) mass is 1040 g/mol. The lowest BCUT2D eigenvalue weighted by atomic mass is 9.64. The van der Waals surface area contributed by atoms with Crippen LogP contribution in [0.25, 0.3) is 77.7 Å². The maximum Gasteiger partial charge on any atom is 0.0364 e. The Balaban J connectivity index is 0.932. The van der Waals surface area contributed by atoms with Crippen LogP contribution < -0.4 is 0 Å². The second-order valence-electron chi connectivity index (χ2n) is 23.4. The van der Waals surface area contributed by atoms with Gasteiger partial charge < -0.3 is 0 Å². The molecule has 0 radical (unpaired) electrons. The first-order valence-corrected chi connectivity index (χ1v) is 29.2. The first-order chi connectivity index (χ1) is 40.7. The molecule has 2 spiro atoms. The molecule has 4 aliphatic carbocycles. The molecule has 0 aromatic heterocycles. The van der Waals surface area contributed by atoms with E-state index >= 15 is 0 Å². The fraction of sp³-hybridized carbons (Fsp3) is 0.0732. The Kier molecular flexibility index (Phi) is 10.5. The Hall–Kier alpha value is -9.88. The molecule has 0 saturated carbocycles. The minimum absolute atomic E-state index is 0.0385. The van der Waals surface area contributed by atoms with Crippen molar-refractivity contribution in [2.75, 3.05) is 0 Å². The van der Waals surface area contributed by atoms with Gasteiger partial charge in [-0.25, -0.2) is 0 Å². The van der Waals surface area contributed by atoms with Crippen molar-refractivity contribution < 1.29 is 0 Å². The normalized spacial score (nSPS) is 16.1. The zero-order valence-corrected chi connectivity index (χ0v) is 45.4. The van der Waals surface area contributed by atoms with Crippen molar-refractivity contribution in [3.05, 3.63) is 370 Å². The average molecular weight is 1040 g/mol. The van der Waals surface area contributed by atoms with Crippen molar-refractivity contribution in [2.45, 2.75) is 35.5 Å². The predicted molar refractivity (Wildman–Crippen MR) is 341 cm³/mol. The second kappa shape index (κ2) is 18.3. The van der Waals surface area contributed by atoms with E-state index in [1.54, 1.807) is 0 Å². The summed E-state index contributed by atoms with van der Waals surface area (Å²) in [4.78, 5) is 0. The van der Waals surface area contributed by atoms with E-state index in [-0.39, 0.29) is 22.7 Å². The van der Waals surface area contributed by atoms with Gasteiger partial charge in [0.2, 0.25) is 0 Å². The van der Waals surface area contributed by atoms with E-state index in [0.717, 1.165) is 12.8 Å². The van der Waals surface area contributed by atoms with E-state index < -0.39 is 0 Å². The summed E-state index contributed by atoms with van der Waals surface area (Å²) in [6, 6.07) is 113. The van der Waals surface area contributed by atoms with Crippen LogP contribution >= 0.6 is 0 Å². The standard InChI is InChI=1S/C82H56/c1-3-23-54(24-4-1)72(55-25-5-2-6-26-55)47-53-43-45-56(46-44-53)77-68-35-11-13-37-70(68)78(71-38-14-12-36-69(71)77)59-48-60(79-62-29-9-7-27-57(62)51-81(79)73-39-19-15-31-64(73)65-32-16-20-40-74(65)81)50-61(49-59)80-63-30-10-8-28-58(63)52-82(80)75-41-21-17-33-66(75)67-34-18-22-42-76(67)82/h1-50,79-80H,51-52H2. The van der Waals surface area contributed by atoms with Crippen molar-refractivity contribution >= 4 is 33.2 Å². The molecular weight excluding hydrogens is 985 g/mol. The Labute approximate surface area is 480 Å². The quantitative estimate of drug-likeness (QED) is 0.110. The Morgan fingerprint density at radius 1 is 0.305 bits per heavy atom. The summed E-state index contributed by atoms with van der Waals surface area (Å²) in [5.41, 5.74) is 28.8. The lowest BCUT2D eigenvalue weighted by molar-refractivity contribution is 0.493. The van der Waals surface area contributed by atoms with E-state index in [1.807, 2.05) is 0 Å². The molecule has 13 aromatic carbocycles. The number of hydrogen-bond acceptors (Lipinski definition) is 0. The molecule has 2 unspecified atom stereocenters. The molecule has 13 aromatic rings. The SMILES string of the molecule is C(=C(c1ccccc1)c1ccccc1)c1ccc(-c2c3ccccc3c(-c3cc(C4c5ccccc5CC45c4ccccc4-c4ccccc45)cc(C4c5ccccc5CC45c4ccccc4-c4ccccc45)c3)c3ccccc23)cc1. The van der Waals surface area contributed by atoms with Crippen LogP contribution in [0.2, 0.25) is 0 Å². The van der Waals surface area contributed by atoms with Gasteiger partial charge in [0.05, 0.1) is 0 Å². The lowest BCUT2D eigenvalue weighted by Crippen LogP contribution is -2.32. The predicted octanol–water partition coefficient (Wildman–Crippen LogP) is 20.2. The minimum Gasteiger partial charge on any atom is -0.0622 e. The molecular formula is C82H56. The minimum atomic E-state index is -0.317. The number of rotatable bonds is 7. The van der Waals surface area contributed by atoms with Crippen LogP contribution in [0, 0.1) is 0 Å². The zero-order valence-electron chi connectivity index (χ0n) is 45.4. The van der Waals surface area contributed by atoms with E-state index in [1.165, 1.54) is 144 Å². The first kappa shape index (κ1) is 47.0. The van der Waals surface area contributed by atoms with Gasteiger partial charge in [-0.15, -0.1) is 0 Å². The zero-order chi connectivity index (χ0) is 53.9. The Morgan fingerprint density at radius 2 is 0.646 bits per heavy atom. The Morgan fingerprint density at radius 3 is 1.06 bits per heavy atom. The maximum atomic E-state index is 2.69. The smallest absolute Gasteiger partial charge is 0.0364 e. The van der Waals surface area contributed by atoms with Crippen molar-refractivity contribution in [3.63, 3.8) is 0 Å². The summed E-state index contributed by atoms with van der Waals surface area (Å²) in [6.45, 7) is 0. The highest BCUT2D eigenvalue weighted by molar-refractivity contribution is 6.21. The Bertz CT molecular complexity index is 4390. The maximum absolute atomic E-state index is 2.69. The summed E-state index contributed by atoms with van der Waals surface area (Å²) in [7, 11) is 0. The van der Waals surface area contributed by atoms with Gasteiger partial charge in [-0.3, -0.25) is 0 Å². The second-order valence-corrected chi connectivity index (χ2v) is 23.4. The topological polar surface area (TPSA) is 0 Å². The third-order valence-electron chi connectivity index (χ3n) is 19.4. The summed E-state index contributed by atoms with van der Waals surface area (Å²) in [5.74, 6) is 0.0771. The van der Waals surface area contributed by atoms with E-state index in [4.69, 9.17) is 0 Å². The molecule has 17 rings (SSSR count). The summed E-state index contributed by atoms with van der Waals surface area (Å²) < 4.78 is 0. The highest BCUT2D eigenvalue weighted by Crippen LogP contribution is 2.66. The molecule has 0 fully saturated rings. The molecule has 2 atom stereocenters. The fourth-order valence-electron chi connectivity index (χ4n) is 16.3. The number of fused-ring (bicyclic) bond motifs is 14. The first-order valence-electron chi connectivity index (χ1n) is 29.2. The van der Waals surface area contributed by atoms with Crippen LogP contribution in [0.3, 0.4) is 0 Å². The summed E-state index contributed by atoms with van der Waals surface area (Å²) in [6.07, 6.45) is 4.21. The highest BCUT2D eigenvalue weighted by atomic mass is 14.6. The molecule has 82 heavy (non-hydrogen) atoms. The molecule has 0 bridgehead atoms. The molecule has 0 nitrogen and oxygen atoms in total. The van der Waals surface area contributed by atoms with Crippen LogP contribution in [0.15, 0.2) is 297 Å². The number of hydrogen-bond donors (Lipinski definition) is 0. The van der Waals surface area contributed by atoms with E-state index in [0.29, 0.717) is 0 Å². The summed E-state index contributed by atoms with van der Waals surface area (Å²) >= 11 is 0. The summed E-state index contributed by atoms with van der Waals surface area (Å²) in [5, 5.41) is 5.02. The molecule has 0 saturated heterocycles. The third kappa shape index (κ3) is 6.79. The molecule has 0 aliphatic heterocycles. The molecule has 0 heteroatoms.